The summed E-state index contributed by atoms with van der Waals surface area (Å²) in [6, 6.07) is 13.5. The lowest BCUT2D eigenvalue weighted by atomic mass is 9.97. The van der Waals surface area contributed by atoms with Crippen LogP contribution in [0.2, 0.25) is 0 Å². The Morgan fingerprint density at radius 1 is 0.821 bits per heavy atom. The number of hydrogen-bond acceptors (Lipinski definition) is 5. The van der Waals surface area contributed by atoms with Crippen molar-refractivity contribution >= 4 is 22.7 Å². The summed E-state index contributed by atoms with van der Waals surface area (Å²) >= 11 is 0. The van der Waals surface area contributed by atoms with E-state index >= 15 is 0 Å². The Hall–Kier alpha value is -3.74. The third-order valence-corrected chi connectivity index (χ3v) is 4.40. The van der Waals surface area contributed by atoms with E-state index in [4.69, 9.17) is 16.2 Å². The molecule has 4 N–H and O–H groups in total. The van der Waals surface area contributed by atoms with Crippen molar-refractivity contribution in [1.82, 2.24) is 9.97 Å². The Morgan fingerprint density at radius 2 is 1.57 bits per heavy atom. The first-order valence-corrected chi connectivity index (χ1v) is 8.47. The molecule has 0 aliphatic heterocycles. The van der Waals surface area contributed by atoms with Gasteiger partial charge in [-0.25, -0.2) is 13.8 Å². The molecular weight excluding hydrogens is 362 g/mol. The van der Waals surface area contributed by atoms with Crippen LogP contribution in [0, 0.1) is 18.6 Å². The Bertz CT molecular complexity index is 1190. The van der Waals surface area contributed by atoms with Crippen LogP contribution in [0.4, 0.5) is 20.5 Å². The molecule has 0 atom stereocenters. The second-order valence-corrected chi connectivity index (χ2v) is 6.33. The fourth-order valence-electron chi connectivity index (χ4n) is 3.17. The third kappa shape index (κ3) is 3.29. The van der Waals surface area contributed by atoms with Gasteiger partial charge in [-0.1, -0.05) is 6.07 Å². The highest BCUT2D eigenvalue weighted by Crippen LogP contribution is 2.34. The Balaban J connectivity index is 1.80. The molecule has 7 heteroatoms. The van der Waals surface area contributed by atoms with Gasteiger partial charge in [0.15, 0.2) is 0 Å². The zero-order valence-electron chi connectivity index (χ0n) is 14.9. The number of benzene rings is 3. The molecule has 1 heterocycles. The molecule has 0 aliphatic rings. The van der Waals surface area contributed by atoms with Crippen LogP contribution in [-0.4, -0.2) is 9.97 Å². The number of anilines is 2. The van der Waals surface area contributed by atoms with Crippen LogP contribution in [0.3, 0.4) is 0 Å². The summed E-state index contributed by atoms with van der Waals surface area (Å²) in [5.41, 5.74) is 14.5. The lowest BCUT2D eigenvalue weighted by molar-refractivity contribution is 0.475. The Kier molecular flexibility index (Phi) is 4.27. The molecule has 140 valence electrons. The van der Waals surface area contributed by atoms with Crippen LogP contribution in [-0.2, 0) is 0 Å². The topological polar surface area (TPSA) is 87.0 Å². The van der Waals surface area contributed by atoms with Gasteiger partial charge in [0.25, 0.3) is 0 Å². The highest BCUT2D eigenvalue weighted by Gasteiger charge is 2.13. The molecule has 3 aromatic carbocycles. The molecule has 0 saturated carbocycles. The summed E-state index contributed by atoms with van der Waals surface area (Å²) in [5.74, 6) is 0.220. The van der Waals surface area contributed by atoms with Crippen LogP contribution in [0.15, 0.2) is 54.6 Å². The van der Waals surface area contributed by atoms with Gasteiger partial charge in [-0.15, -0.1) is 0 Å². The lowest BCUT2D eigenvalue weighted by Gasteiger charge is -2.13. The number of halogens is 2. The fourth-order valence-corrected chi connectivity index (χ4v) is 3.17. The van der Waals surface area contributed by atoms with Gasteiger partial charge in [0.2, 0.25) is 5.95 Å². The maximum Gasteiger partial charge on any atom is 0.222 e. The summed E-state index contributed by atoms with van der Waals surface area (Å²) < 4.78 is 33.0. The van der Waals surface area contributed by atoms with Crippen molar-refractivity contribution in [2.24, 2.45) is 0 Å². The quantitative estimate of drug-likeness (QED) is 0.533. The van der Waals surface area contributed by atoms with Crippen molar-refractivity contribution < 1.29 is 13.5 Å². The van der Waals surface area contributed by atoms with Gasteiger partial charge < -0.3 is 16.2 Å². The monoisotopic (exact) mass is 378 g/mol. The Labute approximate surface area is 159 Å². The highest BCUT2D eigenvalue weighted by molar-refractivity contribution is 5.96. The van der Waals surface area contributed by atoms with Crippen LogP contribution >= 0.6 is 0 Å². The van der Waals surface area contributed by atoms with Crippen molar-refractivity contribution in [3.05, 3.63) is 71.8 Å². The number of nitrogen functional groups attached to an aromatic ring is 2. The minimum absolute atomic E-state index is 0.0953. The van der Waals surface area contributed by atoms with Crippen LogP contribution < -0.4 is 16.2 Å². The van der Waals surface area contributed by atoms with Gasteiger partial charge in [-0.05, 0) is 66.1 Å². The van der Waals surface area contributed by atoms with Gasteiger partial charge in [0.05, 0.1) is 5.52 Å². The van der Waals surface area contributed by atoms with E-state index in [1.54, 1.807) is 12.1 Å². The van der Waals surface area contributed by atoms with Gasteiger partial charge >= 0.3 is 0 Å². The van der Waals surface area contributed by atoms with E-state index in [9.17, 15) is 8.78 Å². The number of nitrogens with two attached hydrogens (primary N) is 2. The predicted molar refractivity (Wildman–Crippen MR) is 105 cm³/mol. The summed E-state index contributed by atoms with van der Waals surface area (Å²) in [4.78, 5) is 8.20. The van der Waals surface area contributed by atoms with E-state index in [-0.39, 0.29) is 17.6 Å². The molecule has 4 aromatic rings. The number of ether oxygens (including phenoxy) is 1. The van der Waals surface area contributed by atoms with Gasteiger partial charge in [-0.3, -0.25) is 0 Å². The fraction of sp³-hybridized carbons (Fsp3) is 0.0476. The number of rotatable bonds is 3. The molecule has 0 bridgehead atoms. The largest absolute Gasteiger partial charge is 0.457 e. The lowest BCUT2D eigenvalue weighted by Crippen LogP contribution is -2.02. The van der Waals surface area contributed by atoms with Gasteiger partial charge in [0.1, 0.15) is 29.0 Å². The first-order chi connectivity index (χ1) is 13.4. The molecule has 0 fully saturated rings. The number of nitrogens with zero attached hydrogens (tertiary/aromatic N) is 2. The molecule has 0 aliphatic carbocycles. The summed E-state index contributed by atoms with van der Waals surface area (Å²) in [5, 5.41) is 0.664. The normalized spacial score (nSPS) is 11.0. The van der Waals surface area contributed by atoms with Crippen LogP contribution in [0.25, 0.3) is 22.0 Å². The third-order valence-electron chi connectivity index (χ3n) is 4.40. The van der Waals surface area contributed by atoms with E-state index in [0.29, 0.717) is 28.0 Å². The minimum Gasteiger partial charge on any atom is -0.457 e. The summed E-state index contributed by atoms with van der Waals surface area (Å²) in [6.45, 7) is 1.86. The van der Waals surface area contributed by atoms with E-state index in [0.717, 1.165) is 11.1 Å². The molecule has 0 radical (unpaired) electrons. The maximum absolute atomic E-state index is 14.3. The van der Waals surface area contributed by atoms with E-state index in [1.165, 1.54) is 36.4 Å². The maximum atomic E-state index is 14.3. The minimum atomic E-state index is -0.462. The average Bonchev–Trinajstić information content (AvgIpc) is 2.63. The molecule has 5 nitrogen and oxygen atoms in total. The van der Waals surface area contributed by atoms with E-state index in [2.05, 4.69) is 9.97 Å². The molecule has 0 amide bonds. The van der Waals surface area contributed by atoms with Crippen molar-refractivity contribution in [3.63, 3.8) is 0 Å². The summed E-state index contributed by atoms with van der Waals surface area (Å²) in [6.07, 6.45) is 0. The number of hydrogen-bond donors (Lipinski definition) is 2. The van der Waals surface area contributed by atoms with E-state index < -0.39 is 5.82 Å². The highest BCUT2D eigenvalue weighted by atomic mass is 19.1. The molecule has 4 rings (SSSR count). The molecular formula is C21H16F2N4O. The van der Waals surface area contributed by atoms with Gasteiger partial charge in [-0.2, -0.15) is 4.98 Å². The Morgan fingerprint density at radius 3 is 2.32 bits per heavy atom. The van der Waals surface area contributed by atoms with Gasteiger partial charge in [0, 0.05) is 11.5 Å². The van der Waals surface area contributed by atoms with Crippen molar-refractivity contribution in [2.75, 3.05) is 11.5 Å². The first kappa shape index (κ1) is 17.7. The zero-order valence-corrected chi connectivity index (χ0v) is 14.9. The number of aryl methyl sites for hydroxylation is 1. The SMILES string of the molecule is Cc1c(-c2cc(F)cc(Oc3ccc(F)cc3)c2)ccc2nc(N)nc(N)c12. The molecule has 0 unspecified atom stereocenters. The number of aromatic nitrogens is 2. The van der Waals surface area contributed by atoms with Crippen molar-refractivity contribution in [3.8, 4) is 22.6 Å². The van der Waals surface area contributed by atoms with E-state index in [1.807, 2.05) is 13.0 Å². The molecule has 1 aromatic heterocycles. The first-order valence-electron chi connectivity index (χ1n) is 8.47. The smallest absolute Gasteiger partial charge is 0.222 e. The van der Waals surface area contributed by atoms with Crippen LogP contribution in [0.1, 0.15) is 5.56 Å². The zero-order chi connectivity index (χ0) is 19.8. The standard InChI is InChI=1S/C21H16F2N4O/c1-11-17(6-7-18-19(11)20(24)27-21(25)26-18)12-8-14(23)10-16(9-12)28-15-4-2-13(22)3-5-15/h2-10H,1H3,(H4,24,25,26,27). The van der Waals surface area contributed by atoms with Crippen molar-refractivity contribution in [1.29, 1.82) is 0 Å². The van der Waals surface area contributed by atoms with Crippen LogP contribution in [0.5, 0.6) is 11.5 Å². The van der Waals surface area contributed by atoms with Crippen molar-refractivity contribution in [2.45, 2.75) is 6.92 Å². The second-order valence-electron chi connectivity index (χ2n) is 6.33. The summed E-state index contributed by atoms with van der Waals surface area (Å²) in [7, 11) is 0. The number of fused-ring (bicyclic) bond motifs is 1. The predicted octanol–water partition coefficient (Wildman–Crippen LogP) is 4.84. The molecule has 28 heavy (non-hydrogen) atoms. The molecule has 0 saturated heterocycles. The second kappa shape index (κ2) is 6.77. The molecule has 0 spiro atoms. The average molecular weight is 378 g/mol.